The van der Waals surface area contributed by atoms with Gasteiger partial charge in [-0.15, -0.1) is 0 Å². The largest absolute Gasteiger partial charge is 0.461 e. The Hall–Kier alpha value is -3.64. The number of carbonyl (C=O) groups excluding carboxylic acids is 1. The Bertz CT molecular complexity index is 1150. The van der Waals surface area contributed by atoms with Gasteiger partial charge in [0, 0.05) is 17.2 Å². The first kappa shape index (κ1) is 20.1. The van der Waals surface area contributed by atoms with Gasteiger partial charge in [0.05, 0.1) is 5.39 Å². The number of fused-ring (bicyclic) bond motifs is 1. The van der Waals surface area contributed by atoms with Crippen LogP contribution in [-0.2, 0) is 4.79 Å². The molecule has 3 rings (SSSR count). The maximum Gasteiger partial charge on any atom is 0.338 e. The summed E-state index contributed by atoms with van der Waals surface area (Å²) < 4.78 is 16.3. The Morgan fingerprint density at radius 3 is 2.31 bits per heavy atom. The zero-order chi connectivity index (χ0) is 21.1. The molecule has 0 amide bonds. The highest BCUT2D eigenvalue weighted by Crippen LogP contribution is 2.26. The van der Waals surface area contributed by atoms with Crippen LogP contribution in [0.25, 0.3) is 22.3 Å². The number of esters is 1. The van der Waals surface area contributed by atoms with E-state index in [0.717, 1.165) is 0 Å². The summed E-state index contributed by atoms with van der Waals surface area (Å²) in [5.74, 6) is 0.505. The second-order valence-corrected chi connectivity index (χ2v) is 6.64. The molecule has 0 saturated heterocycles. The summed E-state index contributed by atoms with van der Waals surface area (Å²) >= 11 is 0. The molecule has 2 aromatic carbocycles. The van der Waals surface area contributed by atoms with Crippen molar-refractivity contribution in [1.29, 1.82) is 0 Å². The topological polar surface area (TPSA) is 86.0 Å². The van der Waals surface area contributed by atoms with Crippen molar-refractivity contribution in [2.45, 2.75) is 20.1 Å². The zero-order valence-corrected chi connectivity index (χ0v) is 16.1. The summed E-state index contributed by atoms with van der Waals surface area (Å²) in [6, 6.07) is 12.7. The lowest BCUT2D eigenvalue weighted by molar-refractivity contribution is -0.130. The predicted molar refractivity (Wildman–Crippen MR) is 110 cm³/mol. The fourth-order valence-corrected chi connectivity index (χ4v) is 2.46. The first-order valence-corrected chi connectivity index (χ1v) is 8.81. The van der Waals surface area contributed by atoms with Crippen molar-refractivity contribution in [1.82, 2.24) is 0 Å². The summed E-state index contributed by atoms with van der Waals surface area (Å²) in [6.07, 6.45) is -1.09. The van der Waals surface area contributed by atoms with Gasteiger partial charge in [-0.2, -0.15) is 0 Å². The van der Waals surface area contributed by atoms with Crippen molar-refractivity contribution in [3.63, 3.8) is 0 Å². The molecule has 1 aromatic heterocycles. The number of benzene rings is 2. The van der Waals surface area contributed by atoms with Crippen molar-refractivity contribution in [3.8, 4) is 22.8 Å². The highest BCUT2D eigenvalue weighted by molar-refractivity contribution is 5.89. The predicted octanol–water partition coefficient (Wildman–Crippen LogP) is 4.21. The van der Waals surface area contributed by atoms with Crippen LogP contribution in [0.15, 0.2) is 82.0 Å². The molecule has 0 spiro atoms. The fourth-order valence-electron chi connectivity index (χ4n) is 2.46. The third-order valence-corrected chi connectivity index (χ3v) is 4.07. The van der Waals surface area contributed by atoms with Gasteiger partial charge in [0.1, 0.15) is 22.8 Å². The van der Waals surface area contributed by atoms with E-state index in [-0.39, 0.29) is 16.8 Å². The maximum atomic E-state index is 12.5. The number of rotatable bonds is 6. The Morgan fingerprint density at radius 2 is 1.69 bits per heavy atom. The van der Waals surface area contributed by atoms with Gasteiger partial charge in [-0.3, -0.25) is 4.79 Å². The molecule has 0 saturated carbocycles. The summed E-state index contributed by atoms with van der Waals surface area (Å²) in [5.41, 5.74) is 1.51. The van der Waals surface area contributed by atoms with Crippen LogP contribution < -0.4 is 14.9 Å². The molecule has 1 heterocycles. The average Bonchev–Trinajstić information content (AvgIpc) is 2.68. The fraction of sp³-hybridized carbons (Fsp3) is 0.130. The molecule has 3 aromatic rings. The molecule has 6 heteroatoms. The molecule has 6 nitrogen and oxygen atoms in total. The van der Waals surface area contributed by atoms with Gasteiger partial charge in [-0.1, -0.05) is 13.2 Å². The molecular formula is C23H20O6. The third-order valence-electron chi connectivity index (χ3n) is 4.07. The SMILES string of the molecule is C=C(C)C(=O)Oc1ccc2oc(-c3ccc(OC(O)C(=C)C)cc3)cc(=O)c2c1. The van der Waals surface area contributed by atoms with Crippen LogP contribution in [0, 0.1) is 0 Å². The van der Waals surface area contributed by atoms with E-state index in [1.54, 1.807) is 50.2 Å². The number of hydrogen-bond donors (Lipinski definition) is 1. The minimum absolute atomic E-state index is 0.239. The molecule has 0 aliphatic carbocycles. The van der Waals surface area contributed by atoms with Crippen molar-refractivity contribution < 1.29 is 23.8 Å². The van der Waals surface area contributed by atoms with Crippen LogP contribution in [0.3, 0.4) is 0 Å². The monoisotopic (exact) mass is 392 g/mol. The van der Waals surface area contributed by atoms with E-state index in [9.17, 15) is 14.7 Å². The average molecular weight is 392 g/mol. The van der Waals surface area contributed by atoms with Gasteiger partial charge < -0.3 is 19.0 Å². The van der Waals surface area contributed by atoms with Gasteiger partial charge in [0.2, 0.25) is 6.29 Å². The third kappa shape index (κ3) is 4.62. The summed E-state index contributed by atoms with van der Waals surface area (Å²) in [5, 5.41) is 10.0. The van der Waals surface area contributed by atoms with Crippen LogP contribution in [0.2, 0.25) is 0 Å². The molecule has 1 atom stereocenters. The molecule has 0 aliphatic heterocycles. The first-order valence-electron chi connectivity index (χ1n) is 8.81. The van der Waals surface area contributed by atoms with E-state index in [4.69, 9.17) is 13.9 Å². The van der Waals surface area contributed by atoms with Crippen LogP contribution in [0.5, 0.6) is 11.5 Å². The molecule has 0 aliphatic rings. The van der Waals surface area contributed by atoms with Crippen molar-refractivity contribution in [2.24, 2.45) is 0 Å². The molecular weight excluding hydrogens is 372 g/mol. The van der Waals surface area contributed by atoms with Crippen molar-refractivity contribution in [3.05, 3.63) is 83.1 Å². The molecule has 29 heavy (non-hydrogen) atoms. The van der Waals surface area contributed by atoms with Crippen LogP contribution >= 0.6 is 0 Å². The summed E-state index contributed by atoms with van der Waals surface area (Å²) in [6.45, 7) is 10.4. The number of aliphatic hydroxyl groups excluding tert-OH is 1. The van der Waals surface area contributed by atoms with E-state index in [2.05, 4.69) is 13.2 Å². The van der Waals surface area contributed by atoms with E-state index >= 15 is 0 Å². The van der Waals surface area contributed by atoms with Crippen molar-refractivity contribution >= 4 is 16.9 Å². The molecule has 1 unspecified atom stereocenters. The van der Waals surface area contributed by atoms with Gasteiger partial charge in [0.15, 0.2) is 5.43 Å². The normalized spacial score (nSPS) is 11.7. The lowest BCUT2D eigenvalue weighted by Crippen LogP contribution is -2.15. The zero-order valence-electron chi connectivity index (χ0n) is 16.1. The summed E-state index contributed by atoms with van der Waals surface area (Å²) in [7, 11) is 0. The quantitative estimate of drug-likeness (QED) is 0.222. The standard InChI is InChI=1S/C23H20O6/c1-13(2)22(25)27-16-7-5-15(6-8-16)21-12-19(24)18-11-17(9-10-20(18)29-21)28-23(26)14(3)4/h5-12,22,25H,1,3H2,2,4H3. The Kier molecular flexibility index (Phi) is 5.66. The number of hydrogen-bond acceptors (Lipinski definition) is 6. The Labute approximate surface area is 167 Å². The first-order chi connectivity index (χ1) is 13.7. The lowest BCUT2D eigenvalue weighted by atomic mass is 10.1. The molecule has 148 valence electrons. The van der Waals surface area contributed by atoms with Crippen molar-refractivity contribution in [2.75, 3.05) is 0 Å². The Balaban J connectivity index is 1.89. The lowest BCUT2D eigenvalue weighted by Gasteiger charge is -2.13. The highest BCUT2D eigenvalue weighted by atomic mass is 16.6. The smallest absolute Gasteiger partial charge is 0.338 e. The molecule has 0 bridgehead atoms. The van der Waals surface area contributed by atoms with Gasteiger partial charge >= 0.3 is 5.97 Å². The maximum absolute atomic E-state index is 12.5. The molecule has 1 N–H and O–H groups in total. The number of ether oxygens (including phenoxy) is 2. The Morgan fingerprint density at radius 1 is 1.03 bits per heavy atom. The molecule has 0 fully saturated rings. The van der Waals surface area contributed by atoms with E-state index < -0.39 is 12.3 Å². The van der Waals surface area contributed by atoms with E-state index in [1.165, 1.54) is 12.1 Å². The number of aliphatic hydroxyl groups is 1. The minimum Gasteiger partial charge on any atom is -0.461 e. The van der Waals surface area contributed by atoms with Gasteiger partial charge in [0.25, 0.3) is 0 Å². The van der Waals surface area contributed by atoms with E-state index in [0.29, 0.717) is 33.6 Å². The van der Waals surface area contributed by atoms with Crippen LogP contribution in [0.4, 0.5) is 0 Å². The number of carbonyl (C=O) groups is 1. The summed E-state index contributed by atoms with van der Waals surface area (Å²) in [4.78, 5) is 24.2. The second-order valence-electron chi connectivity index (χ2n) is 6.64. The van der Waals surface area contributed by atoms with Crippen LogP contribution in [0.1, 0.15) is 13.8 Å². The second kappa shape index (κ2) is 8.16. The highest BCUT2D eigenvalue weighted by Gasteiger charge is 2.12. The van der Waals surface area contributed by atoms with Gasteiger partial charge in [-0.05, 0) is 61.9 Å². The van der Waals surface area contributed by atoms with Crippen LogP contribution in [-0.4, -0.2) is 17.4 Å². The minimum atomic E-state index is -1.09. The van der Waals surface area contributed by atoms with E-state index in [1.807, 2.05) is 0 Å². The van der Waals surface area contributed by atoms with Gasteiger partial charge in [-0.25, -0.2) is 4.79 Å². The molecule has 0 radical (unpaired) electrons.